The fourth-order valence-electron chi connectivity index (χ4n) is 1.41. The third-order valence-corrected chi connectivity index (χ3v) is 1.97. The lowest BCUT2D eigenvalue weighted by Crippen LogP contribution is -2.24. The second-order valence-corrected chi connectivity index (χ2v) is 3.30. The Balaban J connectivity index is 3.81. The van der Waals surface area contributed by atoms with Crippen molar-refractivity contribution in [3.8, 4) is 0 Å². The van der Waals surface area contributed by atoms with Gasteiger partial charge in [-0.15, -0.1) is 0 Å². The smallest absolute Gasteiger partial charge is 0.0172 e. The summed E-state index contributed by atoms with van der Waals surface area (Å²) in [5.74, 6) is 0. The van der Waals surface area contributed by atoms with Crippen molar-refractivity contribution >= 4 is 0 Å². The molecule has 0 radical (unpaired) electrons. The Bertz CT molecular complexity index is 112. The molecule has 0 saturated carbocycles. The van der Waals surface area contributed by atoms with Gasteiger partial charge in [-0.2, -0.15) is 0 Å². The first-order valence-electron chi connectivity index (χ1n) is 5.18. The van der Waals surface area contributed by atoms with Gasteiger partial charge in [-0.05, 0) is 19.3 Å². The Labute approximate surface area is 77.5 Å². The molecule has 72 valence electrons. The molecule has 0 saturated heterocycles. The Kier molecular flexibility index (Phi) is 6.93. The van der Waals surface area contributed by atoms with Crippen LogP contribution in [0.25, 0.3) is 0 Å². The molecule has 0 rings (SSSR count). The first kappa shape index (κ1) is 11.5. The van der Waals surface area contributed by atoms with Crippen molar-refractivity contribution in [1.82, 2.24) is 4.90 Å². The van der Waals surface area contributed by atoms with Crippen LogP contribution in [0, 0.1) is 0 Å². The van der Waals surface area contributed by atoms with Crippen molar-refractivity contribution < 1.29 is 0 Å². The van der Waals surface area contributed by atoms with Gasteiger partial charge in [0, 0.05) is 18.8 Å². The van der Waals surface area contributed by atoms with Gasteiger partial charge in [0.25, 0.3) is 0 Å². The predicted molar refractivity (Wildman–Crippen MR) is 56.2 cm³/mol. The fourth-order valence-corrected chi connectivity index (χ4v) is 1.41. The van der Waals surface area contributed by atoms with Gasteiger partial charge in [0.05, 0.1) is 0 Å². The van der Waals surface area contributed by atoms with E-state index in [1.54, 1.807) is 0 Å². The van der Waals surface area contributed by atoms with Crippen molar-refractivity contribution in [3.63, 3.8) is 0 Å². The topological polar surface area (TPSA) is 3.24 Å². The van der Waals surface area contributed by atoms with E-state index >= 15 is 0 Å². The highest BCUT2D eigenvalue weighted by atomic mass is 15.1. The summed E-state index contributed by atoms with van der Waals surface area (Å²) < 4.78 is 0. The summed E-state index contributed by atoms with van der Waals surface area (Å²) in [5.41, 5.74) is 1.32. The highest BCUT2D eigenvalue weighted by molar-refractivity contribution is 4.93. The summed E-state index contributed by atoms with van der Waals surface area (Å²) in [4.78, 5) is 2.42. The van der Waals surface area contributed by atoms with Crippen LogP contribution in [-0.4, -0.2) is 18.0 Å². The number of nitrogens with zero attached hydrogens (tertiary/aromatic N) is 1. The summed E-state index contributed by atoms with van der Waals surface area (Å²) >= 11 is 0. The third kappa shape index (κ3) is 4.42. The molecule has 0 aromatic carbocycles. The van der Waals surface area contributed by atoms with Crippen LogP contribution < -0.4 is 0 Å². The molecular formula is C11H23N. The molecule has 0 unspecified atom stereocenters. The van der Waals surface area contributed by atoms with Crippen molar-refractivity contribution in [1.29, 1.82) is 0 Å². The van der Waals surface area contributed by atoms with Gasteiger partial charge in [0.15, 0.2) is 0 Å². The quantitative estimate of drug-likeness (QED) is 0.564. The average molecular weight is 169 g/mol. The number of allylic oxidation sites excluding steroid dienone is 1. The highest BCUT2D eigenvalue weighted by Gasteiger charge is 2.03. The van der Waals surface area contributed by atoms with Gasteiger partial charge in [-0.1, -0.05) is 33.8 Å². The van der Waals surface area contributed by atoms with Crippen molar-refractivity contribution in [2.75, 3.05) is 13.1 Å². The van der Waals surface area contributed by atoms with E-state index in [0.29, 0.717) is 0 Å². The first-order chi connectivity index (χ1) is 5.76. The van der Waals surface area contributed by atoms with Crippen LogP contribution in [0.3, 0.4) is 0 Å². The van der Waals surface area contributed by atoms with E-state index in [-0.39, 0.29) is 0 Å². The van der Waals surface area contributed by atoms with Gasteiger partial charge in [-0.3, -0.25) is 0 Å². The number of hydrogen-bond donors (Lipinski definition) is 0. The van der Waals surface area contributed by atoms with Crippen LogP contribution in [0.5, 0.6) is 0 Å². The zero-order chi connectivity index (χ0) is 9.40. The Hall–Kier alpha value is -0.460. The average Bonchev–Trinajstić information content (AvgIpc) is 2.04. The molecule has 0 aliphatic rings. The molecule has 0 N–H and O–H groups in total. The summed E-state index contributed by atoms with van der Waals surface area (Å²) in [6.07, 6.45) is 4.81. The van der Waals surface area contributed by atoms with Crippen molar-refractivity contribution in [3.05, 3.63) is 12.3 Å². The fraction of sp³-hybridized carbons (Fsp3) is 0.818. The Morgan fingerprint density at radius 1 is 1.00 bits per heavy atom. The molecule has 12 heavy (non-hydrogen) atoms. The van der Waals surface area contributed by atoms with Gasteiger partial charge < -0.3 is 4.90 Å². The minimum atomic E-state index is 1.15. The standard InChI is InChI=1S/C11H23N/c1-5-8-11(4)12(9-6-2)10-7-3/h4-10H2,1-3H3. The molecule has 0 heterocycles. The SMILES string of the molecule is C=C(CCC)N(CCC)CCC. The van der Waals surface area contributed by atoms with E-state index in [0.717, 1.165) is 6.42 Å². The highest BCUT2D eigenvalue weighted by Crippen LogP contribution is 2.09. The van der Waals surface area contributed by atoms with E-state index in [9.17, 15) is 0 Å². The van der Waals surface area contributed by atoms with E-state index in [4.69, 9.17) is 0 Å². The monoisotopic (exact) mass is 169 g/mol. The maximum absolute atomic E-state index is 4.11. The van der Waals surface area contributed by atoms with Crippen molar-refractivity contribution in [2.45, 2.75) is 46.5 Å². The zero-order valence-corrected chi connectivity index (χ0v) is 8.90. The van der Waals surface area contributed by atoms with Crippen LogP contribution in [0.1, 0.15) is 46.5 Å². The molecule has 0 spiro atoms. The number of hydrogen-bond acceptors (Lipinski definition) is 1. The molecule has 0 atom stereocenters. The van der Waals surface area contributed by atoms with E-state index in [1.165, 1.54) is 38.0 Å². The van der Waals surface area contributed by atoms with E-state index in [2.05, 4.69) is 32.3 Å². The van der Waals surface area contributed by atoms with Gasteiger partial charge in [-0.25, -0.2) is 0 Å². The molecular weight excluding hydrogens is 146 g/mol. The molecule has 0 aromatic heterocycles. The lowest BCUT2D eigenvalue weighted by Gasteiger charge is -2.25. The summed E-state index contributed by atoms with van der Waals surface area (Å²) in [5, 5.41) is 0. The van der Waals surface area contributed by atoms with Crippen molar-refractivity contribution in [2.24, 2.45) is 0 Å². The van der Waals surface area contributed by atoms with Crippen LogP contribution in [-0.2, 0) is 0 Å². The molecule has 0 bridgehead atoms. The summed E-state index contributed by atoms with van der Waals surface area (Å²) in [6.45, 7) is 13.1. The second kappa shape index (κ2) is 7.20. The molecule has 0 aliphatic carbocycles. The maximum Gasteiger partial charge on any atom is 0.0172 e. The molecule has 1 nitrogen and oxygen atoms in total. The molecule has 1 heteroatoms. The number of rotatable bonds is 7. The van der Waals surface area contributed by atoms with Crippen LogP contribution in [0.15, 0.2) is 12.3 Å². The van der Waals surface area contributed by atoms with Gasteiger partial charge in [0.2, 0.25) is 0 Å². The lowest BCUT2D eigenvalue weighted by atomic mass is 10.2. The predicted octanol–water partition coefficient (Wildman–Crippen LogP) is 3.42. The van der Waals surface area contributed by atoms with E-state index in [1.807, 2.05) is 0 Å². The van der Waals surface area contributed by atoms with E-state index < -0.39 is 0 Å². The van der Waals surface area contributed by atoms with Crippen LogP contribution in [0.4, 0.5) is 0 Å². The zero-order valence-electron chi connectivity index (χ0n) is 8.90. The Morgan fingerprint density at radius 2 is 1.50 bits per heavy atom. The second-order valence-electron chi connectivity index (χ2n) is 3.30. The minimum absolute atomic E-state index is 1.15. The van der Waals surface area contributed by atoms with Gasteiger partial charge in [0.1, 0.15) is 0 Å². The molecule has 0 aliphatic heterocycles. The Morgan fingerprint density at radius 3 is 1.83 bits per heavy atom. The molecule has 0 aromatic rings. The normalized spacial score (nSPS) is 9.92. The first-order valence-corrected chi connectivity index (χ1v) is 5.18. The molecule has 0 fully saturated rings. The van der Waals surface area contributed by atoms with Gasteiger partial charge >= 0.3 is 0 Å². The van der Waals surface area contributed by atoms with Crippen LogP contribution >= 0.6 is 0 Å². The van der Waals surface area contributed by atoms with Crippen LogP contribution in [0.2, 0.25) is 0 Å². The third-order valence-electron chi connectivity index (χ3n) is 1.97. The maximum atomic E-state index is 4.11. The summed E-state index contributed by atoms with van der Waals surface area (Å²) in [7, 11) is 0. The largest absolute Gasteiger partial charge is 0.375 e. The summed E-state index contributed by atoms with van der Waals surface area (Å²) in [6, 6.07) is 0. The lowest BCUT2D eigenvalue weighted by molar-refractivity contribution is 0.333. The molecule has 0 amide bonds. The minimum Gasteiger partial charge on any atom is -0.375 e.